The van der Waals surface area contributed by atoms with E-state index in [0.29, 0.717) is 24.6 Å². The molecule has 0 aliphatic rings. The maximum absolute atomic E-state index is 13.3. The molecule has 0 heterocycles. The van der Waals surface area contributed by atoms with Crippen molar-refractivity contribution >= 4 is 21.6 Å². The number of nitrogens with one attached hydrogen (secondary N) is 2. The molecule has 2 N–H and O–H groups in total. The highest BCUT2D eigenvalue weighted by Gasteiger charge is 2.17. The van der Waals surface area contributed by atoms with Gasteiger partial charge in [-0.25, -0.2) is 21.6 Å². The molecule has 0 atom stereocenters. The van der Waals surface area contributed by atoms with Crippen LogP contribution in [0.25, 0.3) is 0 Å². The quantitative estimate of drug-likeness (QED) is 0.593. The smallest absolute Gasteiger partial charge is 0.261 e. The van der Waals surface area contributed by atoms with Crippen LogP contribution in [-0.2, 0) is 16.4 Å². The third-order valence-corrected chi connectivity index (χ3v) is 5.59. The van der Waals surface area contributed by atoms with Crippen molar-refractivity contribution < 1.29 is 26.4 Å². The van der Waals surface area contributed by atoms with E-state index in [1.54, 1.807) is 12.1 Å². The fraction of sp³-hybridized carbons (Fsp3) is 0.0952. The van der Waals surface area contributed by atoms with Gasteiger partial charge in [0.25, 0.3) is 15.9 Å². The van der Waals surface area contributed by atoms with Crippen LogP contribution in [0.15, 0.2) is 71.6 Å². The van der Waals surface area contributed by atoms with Gasteiger partial charge in [-0.1, -0.05) is 12.1 Å². The van der Waals surface area contributed by atoms with E-state index in [2.05, 4.69) is 10.0 Å². The number of hydrogen-bond acceptors (Lipinski definition) is 3. The molecule has 30 heavy (non-hydrogen) atoms. The van der Waals surface area contributed by atoms with Crippen molar-refractivity contribution in [2.24, 2.45) is 0 Å². The van der Waals surface area contributed by atoms with Gasteiger partial charge in [0.15, 0.2) is 11.6 Å². The largest absolute Gasteiger partial charge is 0.352 e. The van der Waals surface area contributed by atoms with E-state index in [-0.39, 0.29) is 17.4 Å². The molecule has 0 bridgehead atoms. The number of anilines is 1. The Labute approximate surface area is 171 Å². The Kier molecular flexibility index (Phi) is 6.41. The number of rotatable bonds is 7. The fourth-order valence-corrected chi connectivity index (χ4v) is 3.69. The number of carbonyl (C=O) groups is 1. The van der Waals surface area contributed by atoms with Gasteiger partial charge in [-0.2, -0.15) is 0 Å². The van der Waals surface area contributed by atoms with Crippen molar-refractivity contribution in [2.45, 2.75) is 11.3 Å². The first-order chi connectivity index (χ1) is 14.2. The van der Waals surface area contributed by atoms with E-state index in [0.717, 1.165) is 17.7 Å². The molecule has 0 unspecified atom stereocenters. The lowest BCUT2D eigenvalue weighted by atomic mass is 10.1. The van der Waals surface area contributed by atoms with E-state index in [1.807, 2.05) is 0 Å². The summed E-state index contributed by atoms with van der Waals surface area (Å²) < 4.78 is 66.0. The van der Waals surface area contributed by atoms with Gasteiger partial charge >= 0.3 is 0 Å². The maximum Gasteiger partial charge on any atom is 0.261 e. The molecular formula is C21H17F3N2O3S. The van der Waals surface area contributed by atoms with Crippen molar-refractivity contribution in [1.82, 2.24) is 5.32 Å². The molecule has 0 spiro atoms. The predicted molar refractivity (Wildman–Crippen MR) is 106 cm³/mol. The molecule has 0 aromatic heterocycles. The minimum Gasteiger partial charge on any atom is -0.352 e. The van der Waals surface area contributed by atoms with Crippen molar-refractivity contribution in [3.63, 3.8) is 0 Å². The average Bonchev–Trinajstić information content (AvgIpc) is 2.71. The second kappa shape index (κ2) is 9.00. The average molecular weight is 434 g/mol. The summed E-state index contributed by atoms with van der Waals surface area (Å²) in [5, 5.41) is 2.72. The number of sulfonamides is 1. The Morgan fingerprint density at radius 3 is 2.13 bits per heavy atom. The first-order valence-electron chi connectivity index (χ1n) is 8.85. The van der Waals surface area contributed by atoms with Gasteiger partial charge in [-0.15, -0.1) is 0 Å². The van der Waals surface area contributed by atoms with Gasteiger partial charge in [0.05, 0.1) is 4.90 Å². The second-order valence-electron chi connectivity index (χ2n) is 6.39. The summed E-state index contributed by atoms with van der Waals surface area (Å²) >= 11 is 0. The van der Waals surface area contributed by atoms with Crippen LogP contribution in [-0.4, -0.2) is 20.9 Å². The molecule has 0 radical (unpaired) electrons. The zero-order valence-electron chi connectivity index (χ0n) is 15.5. The van der Waals surface area contributed by atoms with E-state index in [1.165, 1.54) is 36.4 Å². The molecule has 0 saturated carbocycles. The topological polar surface area (TPSA) is 75.3 Å². The Morgan fingerprint density at radius 1 is 0.833 bits per heavy atom. The highest BCUT2D eigenvalue weighted by molar-refractivity contribution is 7.92. The second-order valence-corrected chi connectivity index (χ2v) is 8.07. The minimum atomic E-state index is -4.12. The summed E-state index contributed by atoms with van der Waals surface area (Å²) in [5.74, 6) is -3.11. The van der Waals surface area contributed by atoms with Crippen LogP contribution >= 0.6 is 0 Å². The minimum absolute atomic E-state index is 0.155. The lowest BCUT2D eigenvalue weighted by Gasteiger charge is -2.10. The predicted octanol–water partition coefficient (Wildman–Crippen LogP) is 3.88. The fourth-order valence-electron chi connectivity index (χ4n) is 2.62. The normalized spacial score (nSPS) is 11.2. The molecule has 0 saturated heterocycles. The lowest BCUT2D eigenvalue weighted by Crippen LogP contribution is -2.25. The van der Waals surface area contributed by atoms with Gasteiger partial charge in [-0.05, 0) is 66.6 Å². The molecule has 0 aliphatic heterocycles. The number of amides is 1. The van der Waals surface area contributed by atoms with Crippen LogP contribution in [0.5, 0.6) is 0 Å². The Balaban J connectivity index is 1.59. The summed E-state index contributed by atoms with van der Waals surface area (Å²) in [7, 11) is -4.12. The first-order valence-corrected chi connectivity index (χ1v) is 10.3. The number of halogens is 3. The van der Waals surface area contributed by atoms with Crippen LogP contribution in [0.4, 0.5) is 18.9 Å². The monoisotopic (exact) mass is 434 g/mol. The van der Waals surface area contributed by atoms with Crippen molar-refractivity contribution in [3.05, 3.63) is 95.3 Å². The summed E-state index contributed by atoms with van der Waals surface area (Å²) in [6.45, 7) is 0.342. The molecule has 1 amide bonds. The molecule has 5 nitrogen and oxygen atoms in total. The van der Waals surface area contributed by atoms with Crippen LogP contribution in [0.2, 0.25) is 0 Å². The van der Waals surface area contributed by atoms with Crippen LogP contribution in [0, 0.1) is 17.5 Å². The van der Waals surface area contributed by atoms with Crippen molar-refractivity contribution in [3.8, 4) is 0 Å². The summed E-state index contributed by atoms with van der Waals surface area (Å²) in [4.78, 5) is 11.8. The summed E-state index contributed by atoms with van der Waals surface area (Å²) in [6.07, 6.45) is 0.526. The first kappa shape index (κ1) is 21.4. The number of benzene rings is 3. The van der Waals surface area contributed by atoms with E-state index >= 15 is 0 Å². The summed E-state index contributed by atoms with van der Waals surface area (Å²) in [5.41, 5.74) is 1.34. The van der Waals surface area contributed by atoms with E-state index in [9.17, 15) is 26.4 Å². The number of hydrogen-bond donors (Lipinski definition) is 2. The molecular weight excluding hydrogens is 417 g/mol. The molecule has 0 fully saturated rings. The van der Waals surface area contributed by atoms with E-state index in [4.69, 9.17) is 0 Å². The third-order valence-electron chi connectivity index (χ3n) is 4.21. The zero-order valence-corrected chi connectivity index (χ0v) is 16.3. The summed E-state index contributed by atoms with van der Waals surface area (Å²) in [6, 6.07) is 13.8. The third kappa shape index (κ3) is 5.38. The standard InChI is InChI=1S/C21H17F3N2O3S/c22-16-5-1-14(2-6-16)11-12-25-21(27)15-3-7-17(8-4-15)26-30(28,29)18-9-10-19(23)20(24)13-18/h1-10,13,26H,11-12H2,(H,25,27). The van der Waals surface area contributed by atoms with Gasteiger partial charge < -0.3 is 5.32 Å². The molecule has 3 aromatic rings. The molecule has 3 rings (SSSR count). The van der Waals surface area contributed by atoms with Crippen LogP contribution < -0.4 is 10.0 Å². The lowest BCUT2D eigenvalue weighted by molar-refractivity contribution is 0.0954. The van der Waals surface area contributed by atoms with Crippen LogP contribution in [0.1, 0.15) is 15.9 Å². The molecule has 3 aromatic carbocycles. The number of carbonyl (C=O) groups excluding carboxylic acids is 1. The van der Waals surface area contributed by atoms with Gasteiger partial charge in [0, 0.05) is 17.8 Å². The Morgan fingerprint density at radius 2 is 1.50 bits per heavy atom. The Bertz CT molecular complexity index is 1150. The van der Waals surface area contributed by atoms with Gasteiger partial charge in [0.2, 0.25) is 0 Å². The highest BCUT2D eigenvalue weighted by atomic mass is 32.2. The molecule has 0 aliphatic carbocycles. The highest BCUT2D eigenvalue weighted by Crippen LogP contribution is 2.19. The molecule has 9 heteroatoms. The van der Waals surface area contributed by atoms with Crippen LogP contribution in [0.3, 0.4) is 0 Å². The van der Waals surface area contributed by atoms with Gasteiger partial charge in [0.1, 0.15) is 5.82 Å². The zero-order chi connectivity index (χ0) is 21.7. The molecule has 156 valence electrons. The SMILES string of the molecule is O=C(NCCc1ccc(F)cc1)c1ccc(NS(=O)(=O)c2ccc(F)c(F)c2)cc1. The van der Waals surface area contributed by atoms with E-state index < -0.39 is 26.6 Å². The van der Waals surface area contributed by atoms with Gasteiger partial charge in [-0.3, -0.25) is 9.52 Å². The Hall–Kier alpha value is -3.33. The maximum atomic E-state index is 13.3. The van der Waals surface area contributed by atoms with Crippen molar-refractivity contribution in [2.75, 3.05) is 11.3 Å². The van der Waals surface area contributed by atoms with Crippen molar-refractivity contribution in [1.29, 1.82) is 0 Å².